The summed E-state index contributed by atoms with van der Waals surface area (Å²) in [6, 6.07) is 8.94. The molecule has 0 fully saturated rings. The molecule has 0 radical (unpaired) electrons. The van der Waals surface area contributed by atoms with E-state index in [1.165, 1.54) is 0 Å². The number of ether oxygens (including phenoxy) is 1. The van der Waals surface area contributed by atoms with Gasteiger partial charge in [-0.25, -0.2) is 0 Å². The van der Waals surface area contributed by atoms with Crippen molar-refractivity contribution in [3.63, 3.8) is 0 Å². The molecule has 3 rings (SSSR count). The van der Waals surface area contributed by atoms with E-state index in [-0.39, 0.29) is 54.5 Å². The fourth-order valence-electron chi connectivity index (χ4n) is 3.44. The van der Waals surface area contributed by atoms with E-state index in [4.69, 9.17) is 14.9 Å². The minimum absolute atomic E-state index is 0.0495. The number of carboxylic acid groups (broad SMARTS) is 2. The summed E-state index contributed by atoms with van der Waals surface area (Å²) < 4.78 is 5.94. The van der Waals surface area contributed by atoms with Gasteiger partial charge in [-0.15, -0.1) is 0 Å². The zero-order valence-corrected chi connectivity index (χ0v) is 15.4. The van der Waals surface area contributed by atoms with Gasteiger partial charge >= 0.3 is 11.9 Å². The summed E-state index contributed by atoms with van der Waals surface area (Å²) in [7, 11) is 0. The van der Waals surface area contributed by atoms with Gasteiger partial charge in [0.15, 0.2) is 5.78 Å². The molecule has 0 saturated heterocycles. The van der Waals surface area contributed by atoms with E-state index in [0.29, 0.717) is 0 Å². The van der Waals surface area contributed by atoms with Crippen molar-refractivity contribution in [2.75, 3.05) is 0 Å². The summed E-state index contributed by atoms with van der Waals surface area (Å²) in [4.78, 5) is 34.8. The molecule has 1 atom stereocenters. The molecule has 2 aromatic rings. The number of Topliss-reactive ketones (excluding diaryl/α,β-unsaturated/α-hetero) is 1. The molecule has 0 aromatic heterocycles. The van der Waals surface area contributed by atoms with Gasteiger partial charge in [0.2, 0.25) is 0 Å². The highest BCUT2D eigenvalue weighted by Gasteiger charge is 2.35. The highest BCUT2D eigenvalue weighted by atomic mass is 16.5. The molecule has 0 spiro atoms. The molecule has 1 heterocycles. The summed E-state index contributed by atoms with van der Waals surface area (Å²) in [5, 5.41) is 39.2. The third kappa shape index (κ3) is 4.16. The fourth-order valence-corrected chi connectivity index (χ4v) is 3.44. The van der Waals surface area contributed by atoms with Crippen LogP contribution >= 0.6 is 0 Å². The topological polar surface area (TPSA) is 141 Å². The van der Waals surface area contributed by atoms with Crippen LogP contribution in [-0.4, -0.2) is 38.1 Å². The first kappa shape index (κ1) is 20.2. The Morgan fingerprint density at radius 1 is 0.931 bits per heavy atom. The predicted molar refractivity (Wildman–Crippen MR) is 100 cm³/mol. The molecular formula is C21H20O8. The van der Waals surface area contributed by atoms with Crippen LogP contribution in [0.3, 0.4) is 0 Å². The average molecular weight is 400 g/mol. The van der Waals surface area contributed by atoms with Crippen molar-refractivity contribution in [3.05, 3.63) is 52.6 Å². The average Bonchev–Trinajstić information content (AvgIpc) is 2.67. The third-order valence-corrected chi connectivity index (χ3v) is 4.85. The van der Waals surface area contributed by atoms with Crippen LogP contribution in [0.4, 0.5) is 0 Å². The van der Waals surface area contributed by atoms with E-state index in [9.17, 15) is 24.6 Å². The lowest BCUT2D eigenvalue weighted by Gasteiger charge is -2.29. The van der Waals surface area contributed by atoms with E-state index in [2.05, 4.69) is 0 Å². The molecule has 1 aliphatic heterocycles. The second-order valence-electron chi connectivity index (χ2n) is 6.79. The van der Waals surface area contributed by atoms with E-state index < -0.39 is 35.3 Å². The molecule has 0 amide bonds. The van der Waals surface area contributed by atoms with Gasteiger partial charge in [-0.2, -0.15) is 0 Å². The first-order valence-electron chi connectivity index (χ1n) is 9.07. The Balaban J connectivity index is 2.11. The van der Waals surface area contributed by atoms with Crippen molar-refractivity contribution in [3.8, 4) is 17.2 Å². The van der Waals surface area contributed by atoms with E-state index in [1.807, 2.05) is 6.07 Å². The molecule has 152 valence electrons. The Bertz CT molecular complexity index is 965. The number of fused-ring (bicyclic) bond motifs is 1. The van der Waals surface area contributed by atoms with Crippen molar-refractivity contribution in [2.45, 2.75) is 38.2 Å². The maximum atomic E-state index is 12.8. The van der Waals surface area contributed by atoms with Crippen LogP contribution in [0.1, 0.15) is 52.4 Å². The summed E-state index contributed by atoms with van der Waals surface area (Å²) in [6.45, 7) is 0. The van der Waals surface area contributed by atoms with Crippen LogP contribution < -0.4 is 4.74 Å². The Hall–Kier alpha value is -3.55. The summed E-state index contributed by atoms with van der Waals surface area (Å²) in [5.41, 5.74) is 0.566. The zero-order valence-electron chi connectivity index (χ0n) is 15.4. The Morgan fingerprint density at radius 3 is 2.10 bits per heavy atom. The number of carboxylic acids is 2. The maximum absolute atomic E-state index is 12.8. The number of phenolic OH excluding ortho intramolecular Hbond substituents is 2. The lowest BCUT2D eigenvalue weighted by molar-refractivity contribution is -0.137. The number of phenols is 2. The number of rotatable bonds is 7. The summed E-state index contributed by atoms with van der Waals surface area (Å²) >= 11 is 0. The van der Waals surface area contributed by atoms with Gasteiger partial charge in [0, 0.05) is 24.0 Å². The number of benzene rings is 2. The van der Waals surface area contributed by atoms with Crippen LogP contribution in [0.15, 0.2) is 30.3 Å². The van der Waals surface area contributed by atoms with Gasteiger partial charge in [0.1, 0.15) is 28.9 Å². The lowest BCUT2D eigenvalue weighted by Crippen LogP contribution is -2.22. The van der Waals surface area contributed by atoms with Gasteiger partial charge in [-0.3, -0.25) is 14.4 Å². The van der Waals surface area contributed by atoms with E-state index >= 15 is 0 Å². The molecular weight excluding hydrogens is 380 g/mol. The molecule has 4 N–H and O–H groups in total. The first-order valence-corrected chi connectivity index (χ1v) is 9.07. The monoisotopic (exact) mass is 400 g/mol. The lowest BCUT2D eigenvalue weighted by atomic mass is 9.88. The van der Waals surface area contributed by atoms with Crippen LogP contribution in [0, 0.1) is 0 Å². The quantitative estimate of drug-likeness (QED) is 0.556. The highest BCUT2D eigenvalue weighted by molar-refractivity contribution is 6.04. The minimum atomic E-state index is -1.14. The van der Waals surface area contributed by atoms with Crippen molar-refractivity contribution >= 4 is 17.7 Å². The van der Waals surface area contributed by atoms with E-state index in [0.717, 1.165) is 5.56 Å². The molecule has 8 nitrogen and oxygen atoms in total. The highest BCUT2D eigenvalue weighted by Crippen LogP contribution is 2.48. The number of hydrogen-bond donors (Lipinski definition) is 4. The fraction of sp³-hybridized carbons (Fsp3) is 0.286. The normalized spacial score (nSPS) is 15.4. The van der Waals surface area contributed by atoms with Crippen molar-refractivity contribution in [1.82, 2.24) is 0 Å². The van der Waals surface area contributed by atoms with Crippen LogP contribution in [0.5, 0.6) is 17.2 Å². The van der Waals surface area contributed by atoms with Gasteiger partial charge < -0.3 is 25.2 Å². The number of aliphatic carboxylic acids is 2. The Morgan fingerprint density at radius 2 is 1.52 bits per heavy atom. The molecule has 0 saturated carbocycles. The van der Waals surface area contributed by atoms with Crippen molar-refractivity contribution < 1.29 is 39.5 Å². The second-order valence-corrected chi connectivity index (χ2v) is 6.79. The molecule has 0 bridgehead atoms. The molecule has 2 aromatic carbocycles. The largest absolute Gasteiger partial charge is 0.507 e. The molecule has 1 aliphatic rings. The zero-order chi connectivity index (χ0) is 21.1. The van der Waals surface area contributed by atoms with E-state index in [1.54, 1.807) is 24.3 Å². The standard InChI is InChI=1S/C21H20O8/c22-14-10-15(11-4-2-1-3-5-11)29-21-13(7-9-17(25)26)19(27)12(6-8-16(23)24)20(28)18(14)21/h1-5,15,27-28H,6-10H2,(H,23,24)(H,25,26)/t15-/m0/s1. The maximum Gasteiger partial charge on any atom is 0.303 e. The van der Waals surface area contributed by atoms with Gasteiger partial charge in [-0.1, -0.05) is 30.3 Å². The summed E-state index contributed by atoms with van der Waals surface area (Å²) in [6.07, 6.45) is -1.76. The van der Waals surface area contributed by atoms with Crippen molar-refractivity contribution in [2.24, 2.45) is 0 Å². The smallest absolute Gasteiger partial charge is 0.303 e. The number of ketones is 1. The summed E-state index contributed by atoms with van der Waals surface area (Å²) in [5.74, 6) is -3.68. The van der Waals surface area contributed by atoms with Crippen molar-refractivity contribution in [1.29, 1.82) is 0 Å². The number of carbonyl (C=O) groups excluding carboxylic acids is 1. The number of hydrogen-bond acceptors (Lipinski definition) is 6. The Kier molecular flexibility index (Phi) is 5.72. The molecule has 0 unspecified atom stereocenters. The van der Waals surface area contributed by atoms with Gasteiger partial charge in [-0.05, 0) is 18.4 Å². The van der Waals surface area contributed by atoms with Gasteiger partial charge in [0.05, 0.1) is 6.42 Å². The van der Waals surface area contributed by atoms with Crippen LogP contribution in [0.2, 0.25) is 0 Å². The molecule has 29 heavy (non-hydrogen) atoms. The number of aromatic hydroxyl groups is 2. The SMILES string of the molecule is O=C(O)CCc1c(O)c(CCC(=O)O)c2c(c1O)C(=O)C[C@@H](c1ccccc1)O2. The predicted octanol–water partition coefficient (Wildman–Crippen LogP) is 2.84. The van der Waals surface area contributed by atoms with Gasteiger partial charge in [0.25, 0.3) is 0 Å². The number of carbonyl (C=O) groups is 3. The molecule has 0 aliphatic carbocycles. The third-order valence-electron chi connectivity index (χ3n) is 4.85. The van der Waals surface area contributed by atoms with Crippen LogP contribution in [-0.2, 0) is 22.4 Å². The molecule has 8 heteroatoms. The Labute approximate surface area is 166 Å². The van der Waals surface area contributed by atoms with Crippen LogP contribution in [0.25, 0.3) is 0 Å². The minimum Gasteiger partial charge on any atom is -0.507 e. The second kappa shape index (κ2) is 8.22. The first-order chi connectivity index (χ1) is 13.8.